The molecule has 2 aliphatic carbocycles. The van der Waals surface area contributed by atoms with Crippen molar-refractivity contribution in [2.45, 2.75) is 96.1 Å². The van der Waals surface area contributed by atoms with Crippen molar-refractivity contribution in [3.8, 4) is 0 Å². The van der Waals surface area contributed by atoms with E-state index in [9.17, 15) is 18.3 Å². The molecule has 1 fully saturated rings. The molecule has 0 N–H and O–H groups in total. The zero-order chi connectivity index (χ0) is 23.8. The summed E-state index contributed by atoms with van der Waals surface area (Å²) in [4.78, 5) is 5.06. The highest BCUT2D eigenvalue weighted by Gasteiger charge is 2.51. The number of benzene rings is 1. The van der Waals surface area contributed by atoms with E-state index in [1.807, 2.05) is 0 Å². The van der Waals surface area contributed by atoms with Crippen LogP contribution in [0.1, 0.15) is 117 Å². The largest absolute Gasteiger partial charge is 0.848 e. The fourth-order valence-corrected chi connectivity index (χ4v) is 6.23. The normalized spacial score (nSPS) is 25.5. The Morgan fingerprint density at radius 1 is 1.06 bits per heavy atom. The Kier molecular flexibility index (Phi) is 5.22. The van der Waals surface area contributed by atoms with Gasteiger partial charge in [-0.25, -0.2) is 0 Å². The summed E-state index contributed by atoms with van der Waals surface area (Å²) in [5.74, 6) is 0.108. The van der Waals surface area contributed by atoms with Gasteiger partial charge in [-0.2, -0.15) is 13.2 Å². The first-order valence-corrected chi connectivity index (χ1v) is 12.0. The molecule has 1 aliphatic heterocycles. The molecule has 1 aromatic carbocycles. The zero-order valence-electron chi connectivity index (χ0n) is 19.7. The molecule has 5 rings (SSSR count). The average molecular weight is 459 g/mol. The van der Waals surface area contributed by atoms with E-state index in [-0.39, 0.29) is 11.3 Å². The lowest BCUT2D eigenvalue weighted by atomic mass is 9.70. The standard InChI is InChI=1S/C27H31F3NO2/c1-15(2)23-21-22(20-18(31-23)13-25(3,4)14-19(20)32)26(11-5-6-12-26)33-24(21)16-7-9-17(10-8-16)27(28,29)30/h7-10,15,19,24H,5-6,11-14H2,1-4H3/q-1/t19?,24-/m0/s1. The van der Waals surface area contributed by atoms with Gasteiger partial charge in [0.05, 0.1) is 11.2 Å². The summed E-state index contributed by atoms with van der Waals surface area (Å²) in [6.45, 7) is 8.41. The molecule has 6 heteroatoms. The van der Waals surface area contributed by atoms with E-state index in [1.165, 1.54) is 12.1 Å². The minimum absolute atomic E-state index is 0.107. The van der Waals surface area contributed by atoms with Gasteiger partial charge in [-0.05, 0) is 59.4 Å². The summed E-state index contributed by atoms with van der Waals surface area (Å²) < 4.78 is 46.3. The molecule has 0 bridgehead atoms. The van der Waals surface area contributed by atoms with Crippen molar-refractivity contribution in [3.05, 3.63) is 63.5 Å². The van der Waals surface area contributed by atoms with Crippen molar-refractivity contribution in [2.24, 2.45) is 5.41 Å². The van der Waals surface area contributed by atoms with E-state index in [0.29, 0.717) is 12.0 Å². The Balaban J connectivity index is 1.73. The molecule has 1 aromatic heterocycles. The average Bonchev–Trinajstić information content (AvgIpc) is 3.31. The third-order valence-corrected chi connectivity index (χ3v) is 7.65. The maximum Gasteiger partial charge on any atom is 0.416 e. The Bertz CT molecular complexity index is 1070. The molecule has 33 heavy (non-hydrogen) atoms. The third kappa shape index (κ3) is 3.70. The fourth-order valence-electron chi connectivity index (χ4n) is 6.23. The predicted octanol–water partition coefficient (Wildman–Crippen LogP) is 6.49. The highest BCUT2D eigenvalue weighted by atomic mass is 19.4. The molecule has 178 valence electrons. The van der Waals surface area contributed by atoms with Crippen molar-refractivity contribution in [1.29, 1.82) is 0 Å². The van der Waals surface area contributed by atoms with Crippen LogP contribution in [0.15, 0.2) is 24.3 Å². The summed E-state index contributed by atoms with van der Waals surface area (Å²) in [6.07, 6.45) is -0.735. The van der Waals surface area contributed by atoms with Crippen molar-refractivity contribution < 1.29 is 23.0 Å². The van der Waals surface area contributed by atoms with Gasteiger partial charge in [0.15, 0.2) is 0 Å². The number of rotatable bonds is 2. The summed E-state index contributed by atoms with van der Waals surface area (Å²) in [6, 6.07) is 5.29. The number of fused-ring (bicyclic) bond motifs is 4. The number of ether oxygens (including phenoxy) is 1. The molecule has 3 nitrogen and oxygen atoms in total. The van der Waals surface area contributed by atoms with Crippen LogP contribution in [0.5, 0.6) is 0 Å². The van der Waals surface area contributed by atoms with E-state index in [1.54, 1.807) is 0 Å². The van der Waals surface area contributed by atoms with Gasteiger partial charge in [-0.1, -0.05) is 65.2 Å². The Morgan fingerprint density at radius 3 is 2.27 bits per heavy atom. The van der Waals surface area contributed by atoms with Gasteiger partial charge in [-0.3, -0.25) is 4.98 Å². The predicted molar refractivity (Wildman–Crippen MR) is 118 cm³/mol. The monoisotopic (exact) mass is 458 g/mol. The number of nitrogens with zero attached hydrogens (tertiary/aromatic N) is 1. The lowest BCUT2D eigenvalue weighted by molar-refractivity contribution is -0.434. The highest BCUT2D eigenvalue weighted by molar-refractivity contribution is 5.54. The lowest BCUT2D eigenvalue weighted by Crippen LogP contribution is -2.36. The Labute approximate surface area is 193 Å². The maximum atomic E-state index is 13.5. The van der Waals surface area contributed by atoms with Gasteiger partial charge in [0.2, 0.25) is 0 Å². The van der Waals surface area contributed by atoms with Crippen molar-refractivity contribution in [2.75, 3.05) is 0 Å². The van der Waals surface area contributed by atoms with Crippen LogP contribution < -0.4 is 5.11 Å². The van der Waals surface area contributed by atoms with E-state index < -0.39 is 29.5 Å². The molecule has 0 radical (unpaired) electrons. The van der Waals surface area contributed by atoms with Crippen LogP contribution in [-0.4, -0.2) is 4.98 Å². The van der Waals surface area contributed by atoms with Gasteiger partial charge in [0, 0.05) is 17.0 Å². The molecule has 3 aliphatic rings. The molecule has 2 heterocycles. The maximum absolute atomic E-state index is 13.5. The first-order chi connectivity index (χ1) is 15.4. The van der Waals surface area contributed by atoms with Crippen LogP contribution in [0.4, 0.5) is 13.2 Å². The smallest absolute Gasteiger partial charge is 0.416 e. The number of hydrogen-bond acceptors (Lipinski definition) is 3. The van der Waals surface area contributed by atoms with E-state index >= 15 is 0 Å². The van der Waals surface area contributed by atoms with Crippen LogP contribution in [-0.2, 0) is 22.9 Å². The Morgan fingerprint density at radius 2 is 1.70 bits per heavy atom. The molecular formula is C27H31F3NO2-. The van der Waals surface area contributed by atoms with Gasteiger partial charge in [-0.15, -0.1) is 0 Å². The van der Waals surface area contributed by atoms with Crippen LogP contribution in [0.25, 0.3) is 0 Å². The van der Waals surface area contributed by atoms with E-state index in [0.717, 1.165) is 72.3 Å². The minimum atomic E-state index is -4.38. The highest BCUT2D eigenvalue weighted by Crippen LogP contribution is 2.59. The quantitative estimate of drug-likeness (QED) is 0.517. The second-order valence-corrected chi connectivity index (χ2v) is 11.2. The fraction of sp³-hybridized carbons (Fsp3) is 0.593. The number of aromatic nitrogens is 1. The van der Waals surface area contributed by atoms with Crippen LogP contribution in [0.3, 0.4) is 0 Å². The molecule has 1 spiro atoms. The first-order valence-electron chi connectivity index (χ1n) is 12.0. The van der Waals surface area contributed by atoms with Gasteiger partial charge in [0.1, 0.15) is 6.10 Å². The SMILES string of the molecule is CC(C)c1nc2c(c3c1[C@H](c1ccc(C(F)(F)F)cc1)OC31CCCC1)C([O-])CC(C)(C)C2. The summed E-state index contributed by atoms with van der Waals surface area (Å²) >= 11 is 0. The number of alkyl halides is 3. The second-order valence-electron chi connectivity index (χ2n) is 11.2. The summed E-state index contributed by atoms with van der Waals surface area (Å²) in [5.41, 5.74) is 3.96. The molecule has 0 saturated heterocycles. The summed E-state index contributed by atoms with van der Waals surface area (Å²) in [7, 11) is 0. The molecule has 2 aromatic rings. The van der Waals surface area contributed by atoms with Crippen LogP contribution >= 0.6 is 0 Å². The van der Waals surface area contributed by atoms with E-state index in [4.69, 9.17) is 9.72 Å². The molecule has 2 atom stereocenters. The van der Waals surface area contributed by atoms with Crippen molar-refractivity contribution in [1.82, 2.24) is 4.98 Å². The van der Waals surface area contributed by atoms with Gasteiger partial charge in [0.25, 0.3) is 0 Å². The number of halogens is 3. The molecule has 1 saturated carbocycles. The molecule has 0 amide bonds. The molecule has 1 unspecified atom stereocenters. The van der Waals surface area contributed by atoms with Crippen LogP contribution in [0, 0.1) is 5.41 Å². The first kappa shape index (κ1) is 22.9. The van der Waals surface area contributed by atoms with Gasteiger partial charge >= 0.3 is 6.18 Å². The van der Waals surface area contributed by atoms with Crippen molar-refractivity contribution >= 4 is 0 Å². The van der Waals surface area contributed by atoms with Crippen molar-refractivity contribution in [3.63, 3.8) is 0 Å². The number of pyridine rings is 1. The topological polar surface area (TPSA) is 45.2 Å². The molecular weight excluding hydrogens is 427 g/mol. The Hall–Kier alpha value is -1.92. The second kappa shape index (κ2) is 7.54. The zero-order valence-corrected chi connectivity index (χ0v) is 19.7. The lowest BCUT2D eigenvalue weighted by Gasteiger charge is -2.43. The van der Waals surface area contributed by atoms with Gasteiger partial charge < -0.3 is 9.84 Å². The van der Waals surface area contributed by atoms with Crippen LogP contribution in [0.2, 0.25) is 0 Å². The summed E-state index contributed by atoms with van der Waals surface area (Å²) in [5, 5.41) is 13.5. The third-order valence-electron chi connectivity index (χ3n) is 7.65. The number of hydrogen-bond donors (Lipinski definition) is 0. The van der Waals surface area contributed by atoms with E-state index in [2.05, 4.69) is 27.7 Å². The minimum Gasteiger partial charge on any atom is -0.848 e.